The summed E-state index contributed by atoms with van der Waals surface area (Å²) >= 11 is 0. The van der Waals surface area contributed by atoms with Gasteiger partial charge < -0.3 is 5.32 Å². The van der Waals surface area contributed by atoms with Crippen molar-refractivity contribution in [3.8, 4) is 0 Å². The van der Waals surface area contributed by atoms with Gasteiger partial charge in [0.2, 0.25) is 0 Å². The normalized spacial score (nSPS) is 19.2. The molecule has 0 atom stereocenters. The lowest BCUT2D eigenvalue weighted by atomic mass is 10.1. The summed E-state index contributed by atoms with van der Waals surface area (Å²) in [4.78, 5) is 12.2. The van der Waals surface area contributed by atoms with E-state index in [4.69, 9.17) is 0 Å². The van der Waals surface area contributed by atoms with Crippen LogP contribution in [0.5, 0.6) is 0 Å². The van der Waals surface area contributed by atoms with Gasteiger partial charge in [-0.1, -0.05) is 12.8 Å². The van der Waals surface area contributed by atoms with Gasteiger partial charge >= 0.3 is 0 Å². The maximum atomic E-state index is 12.2. The second kappa shape index (κ2) is 5.13. The highest BCUT2D eigenvalue weighted by atomic mass is 16.1. The molecule has 21 heavy (non-hydrogen) atoms. The number of hydrogen-bond donors (Lipinski definition) is 1. The number of nitrogens with zero attached hydrogens (tertiary/aromatic N) is 3. The molecule has 0 aromatic carbocycles. The lowest BCUT2D eigenvalue weighted by Gasteiger charge is -2.08. The standard InChI is InChI=1S/C16H20N4O/c21-16(17-9-11-5-6-11)13-7-8-14-18-19-15(20(14)10-13)12-3-1-2-4-12/h7-8,10-12H,1-6,9H2,(H,17,21). The lowest BCUT2D eigenvalue weighted by Crippen LogP contribution is -2.25. The zero-order valence-electron chi connectivity index (χ0n) is 12.1. The Balaban J connectivity index is 1.60. The Morgan fingerprint density at radius 3 is 2.76 bits per heavy atom. The maximum absolute atomic E-state index is 12.2. The van der Waals surface area contributed by atoms with Crippen LogP contribution in [-0.2, 0) is 0 Å². The number of fused-ring (bicyclic) bond motifs is 1. The van der Waals surface area contributed by atoms with Crippen molar-refractivity contribution >= 4 is 11.6 Å². The van der Waals surface area contributed by atoms with Crippen LogP contribution in [0.2, 0.25) is 0 Å². The van der Waals surface area contributed by atoms with Gasteiger partial charge in [-0.05, 0) is 43.7 Å². The molecule has 1 N–H and O–H groups in total. The van der Waals surface area contributed by atoms with E-state index in [2.05, 4.69) is 15.5 Å². The number of aromatic nitrogens is 3. The summed E-state index contributed by atoms with van der Waals surface area (Å²) in [7, 11) is 0. The molecular formula is C16H20N4O. The van der Waals surface area contributed by atoms with E-state index in [0.717, 1.165) is 18.0 Å². The zero-order chi connectivity index (χ0) is 14.2. The van der Waals surface area contributed by atoms with Gasteiger partial charge in [-0.25, -0.2) is 0 Å². The van der Waals surface area contributed by atoms with Crippen LogP contribution < -0.4 is 5.32 Å². The molecule has 2 saturated carbocycles. The fourth-order valence-electron chi connectivity index (χ4n) is 3.17. The number of amides is 1. The van der Waals surface area contributed by atoms with Gasteiger partial charge in [0.25, 0.3) is 5.91 Å². The van der Waals surface area contributed by atoms with Gasteiger partial charge in [-0.3, -0.25) is 9.20 Å². The topological polar surface area (TPSA) is 59.3 Å². The Labute approximate surface area is 123 Å². The molecule has 2 aliphatic rings. The molecule has 2 aliphatic carbocycles. The number of nitrogens with one attached hydrogen (secondary N) is 1. The molecule has 4 rings (SSSR count). The van der Waals surface area contributed by atoms with Crippen LogP contribution in [-0.4, -0.2) is 27.0 Å². The minimum atomic E-state index is 0.00914. The third-order valence-electron chi connectivity index (χ3n) is 4.66. The van der Waals surface area contributed by atoms with Crippen LogP contribution >= 0.6 is 0 Å². The van der Waals surface area contributed by atoms with Crippen molar-refractivity contribution in [2.75, 3.05) is 6.54 Å². The van der Waals surface area contributed by atoms with Gasteiger partial charge in [0.15, 0.2) is 5.65 Å². The number of rotatable bonds is 4. The van der Waals surface area contributed by atoms with Crippen LogP contribution in [0, 0.1) is 5.92 Å². The SMILES string of the molecule is O=C(NCC1CC1)c1ccc2nnc(C3CCCC3)n2c1. The average Bonchev–Trinajstić information content (AvgIpc) is 3.01. The van der Waals surface area contributed by atoms with Gasteiger partial charge in [-0.15, -0.1) is 10.2 Å². The number of hydrogen-bond acceptors (Lipinski definition) is 3. The minimum absolute atomic E-state index is 0.00914. The van der Waals surface area contributed by atoms with Crippen LogP contribution in [0.1, 0.15) is 60.6 Å². The first-order valence-electron chi connectivity index (χ1n) is 7.94. The summed E-state index contributed by atoms with van der Waals surface area (Å²) in [5.74, 6) is 2.21. The van der Waals surface area contributed by atoms with Crippen molar-refractivity contribution in [2.24, 2.45) is 5.92 Å². The highest BCUT2D eigenvalue weighted by Crippen LogP contribution is 2.33. The van der Waals surface area contributed by atoms with E-state index < -0.39 is 0 Å². The lowest BCUT2D eigenvalue weighted by molar-refractivity contribution is 0.0951. The van der Waals surface area contributed by atoms with E-state index in [-0.39, 0.29) is 5.91 Å². The molecule has 2 heterocycles. The first kappa shape index (κ1) is 12.8. The Bertz CT molecular complexity index is 668. The summed E-state index contributed by atoms with van der Waals surface area (Å²) < 4.78 is 2.00. The smallest absolute Gasteiger partial charge is 0.252 e. The predicted octanol–water partition coefficient (Wildman–Crippen LogP) is 2.53. The van der Waals surface area contributed by atoms with Crippen LogP contribution in [0.4, 0.5) is 0 Å². The quantitative estimate of drug-likeness (QED) is 0.938. The summed E-state index contributed by atoms with van der Waals surface area (Å²) in [6.45, 7) is 0.800. The van der Waals surface area contributed by atoms with Gasteiger partial charge in [0, 0.05) is 18.7 Å². The number of carbonyl (C=O) groups is 1. The van der Waals surface area contributed by atoms with Gasteiger partial charge in [-0.2, -0.15) is 0 Å². The molecular weight excluding hydrogens is 264 g/mol. The fourth-order valence-corrected chi connectivity index (χ4v) is 3.17. The average molecular weight is 284 g/mol. The number of pyridine rings is 1. The largest absolute Gasteiger partial charge is 0.352 e. The molecule has 2 aromatic rings. The zero-order valence-corrected chi connectivity index (χ0v) is 12.1. The van der Waals surface area contributed by atoms with E-state index in [9.17, 15) is 4.79 Å². The fraction of sp³-hybridized carbons (Fsp3) is 0.562. The van der Waals surface area contributed by atoms with Crippen molar-refractivity contribution in [3.05, 3.63) is 29.7 Å². The first-order chi connectivity index (χ1) is 10.3. The van der Waals surface area contributed by atoms with Crippen molar-refractivity contribution < 1.29 is 4.79 Å². The van der Waals surface area contributed by atoms with E-state index in [1.54, 1.807) is 0 Å². The monoisotopic (exact) mass is 284 g/mol. The molecule has 0 aliphatic heterocycles. The molecule has 0 bridgehead atoms. The third-order valence-corrected chi connectivity index (χ3v) is 4.66. The molecule has 0 radical (unpaired) electrons. The van der Waals surface area contributed by atoms with Crippen LogP contribution in [0.25, 0.3) is 5.65 Å². The molecule has 1 amide bonds. The van der Waals surface area contributed by atoms with E-state index in [1.165, 1.54) is 38.5 Å². The van der Waals surface area contributed by atoms with E-state index >= 15 is 0 Å². The predicted molar refractivity (Wildman–Crippen MR) is 79.3 cm³/mol. The van der Waals surface area contributed by atoms with E-state index in [1.807, 2.05) is 22.7 Å². The third kappa shape index (κ3) is 2.52. The number of carbonyl (C=O) groups excluding carboxylic acids is 1. The Hall–Kier alpha value is -1.91. The molecule has 110 valence electrons. The summed E-state index contributed by atoms with van der Waals surface area (Å²) in [5.41, 5.74) is 1.53. The molecule has 5 nitrogen and oxygen atoms in total. The first-order valence-corrected chi connectivity index (χ1v) is 7.94. The molecule has 0 saturated heterocycles. The molecule has 5 heteroatoms. The highest BCUT2D eigenvalue weighted by Gasteiger charge is 2.24. The molecule has 2 fully saturated rings. The van der Waals surface area contributed by atoms with Crippen molar-refractivity contribution in [1.82, 2.24) is 19.9 Å². The van der Waals surface area contributed by atoms with Gasteiger partial charge in [0.1, 0.15) is 5.82 Å². The summed E-state index contributed by atoms with van der Waals surface area (Å²) in [5, 5.41) is 11.6. The highest BCUT2D eigenvalue weighted by molar-refractivity contribution is 5.94. The molecule has 0 spiro atoms. The van der Waals surface area contributed by atoms with Crippen molar-refractivity contribution in [1.29, 1.82) is 0 Å². The van der Waals surface area contributed by atoms with Crippen molar-refractivity contribution in [2.45, 2.75) is 44.4 Å². The Morgan fingerprint density at radius 1 is 1.19 bits per heavy atom. The van der Waals surface area contributed by atoms with Gasteiger partial charge in [0.05, 0.1) is 5.56 Å². The van der Waals surface area contributed by atoms with E-state index in [0.29, 0.717) is 17.4 Å². The minimum Gasteiger partial charge on any atom is -0.352 e. The maximum Gasteiger partial charge on any atom is 0.252 e. The summed E-state index contributed by atoms with van der Waals surface area (Å²) in [6.07, 6.45) is 9.28. The van der Waals surface area contributed by atoms with Crippen LogP contribution in [0.3, 0.4) is 0 Å². The van der Waals surface area contributed by atoms with Crippen molar-refractivity contribution in [3.63, 3.8) is 0 Å². The Morgan fingerprint density at radius 2 is 2.00 bits per heavy atom. The summed E-state index contributed by atoms with van der Waals surface area (Å²) in [6, 6.07) is 3.72. The second-order valence-corrected chi connectivity index (χ2v) is 6.34. The Kier molecular flexibility index (Phi) is 3.13. The van der Waals surface area contributed by atoms with Crippen LogP contribution in [0.15, 0.2) is 18.3 Å². The second-order valence-electron chi connectivity index (χ2n) is 6.34. The molecule has 2 aromatic heterocycles. The molecule has 0 unspecified atom stereocenters.